The Morgan fingerprint density at radius 3 is 2.45 bits per heavy atom. The number of piperazine rings is 1. The van der Waals surface area contributed by atoms with Crippen molar-refractivity contribution in [1.82, 2.24) is 24.1 Å². The molecule has 0 bridgehead atoms. The predicted octanol–water partition coefficient (Wildman–Crippen LogP) is 2.70. The fourth-order valence-electron chi connectivity index (χ4n) is 3.70. The zero-order chi connectivity index (χ0) is 23.8. The zero-order valence-corrected chi connectivity index (χ0v) is 18.6. The molecule has 1 aliphatic heterocycles. The highest BCUT2D eigenvalue weighted by molar-refractivity contribution is 7.89. The van der Waals surface area contributed by atoms with Gasteiger partial charge in [0, 0.05) is 37.8 Å². The summed E-state index contributed by atoms with van der Waals surface area (Å²) in [5.41, 5.74) is 0.812. The quantitative estimate of drug-likeness (QED) is 0.533. The third-order valence-corrected chi connectivity index (χ3v) is 7.46. The molecule has 0 amide bonds. The number of ether oxygens (including phenoxy) is 1. The molecule has 0 unspecified atom stereocenters. The number of hydrogen-bond donors (Lipinski definition) is 0. The van der Waals surface area contributed by atoms with Gasteiger partial charge in [-0.05, 0) is 25.1 Å². The van der Waals surface area contributed by atoms with E-state index in [1.807, 2.05) is 4.90 Å². The van der Waals surface area contributed by atoms with Gasteiger partial charge in [-0.25, -0.2) is 27.5 Å². The minimum atomic E-state index is -3.98. The summed E-state index contributed by atoms with van der Waals surface area (Å²) in [6, 6.07) is 5.79. The Morgan fingerprint density at radius 2 is 1.82 bits per heavy atom. The molecule has 1 saturated heterocycles. The van der Waals surface area contributed by atoms with Gasteiger partial charge in [0.25, 0.3) is 0 Å². The summed E-state index contributed by atoms with van der Waals surface area (Å²) >= 11 is 0. The summed E-state index contributed by atoms with van der Waals surface area (Å²) in [6.45, 7) is -0.731. The molecular formula is C20H21F3N6O3S. The Hall–Kier alpha value is -3.19. The van der Waals surface area contributed by atoms with Crippen LogP contribution < -0.4 is 9.64 Å². The van der Waals surface area contributed by atoms with Crippen molar-refractivity contribution in [2.75, 3.05) is 38.2 Å². The molecule has 33 heavy (non-hydrogen) atoms. The average molecular weight is 482 g/mol. The highest BCUT2D eigenvalue weighted by atomic mass is 32.2. The summed E-state index contributed by atoms with van der Waals surface area (Å²) in [5.74, 6) is 0.567. The highest BCUT2D eigenvalue weighted by Gasteiger charge is 2.32. The smallest absolute Gasteiger partial charge is 0.333 e. The van der Waals surface area contributed by atoms with Gasteiger partial charge in [-0.1, -0.05) is 0 Å². The van der Waals surface area contributed by atoms with E-state index in [0.717, 1.165) is 6.20 Å². The number of methoxy groups -OCH3 is 1. The molecule has 1 fully saturated rings. The second kappa shape index (κ2) is 8.98. The van der Waals surface area contributed by atoms with Crippen molar-refractivity contribution in [1.29, 1.82) is 0 Å². The van der Waals surface area contributed by atoms with Crippen molar-refractivity contribution in [3.63, 3.8) is 0 Å². The summed E-state index contributed by atoms with van der Waals surface area (Å²) in [5, 5.41) is 3.49. The highest BCUT2D eigenvalue weighted by Crippen LogP contribution is 2.31. The van der Waals surface area contributed by atoms with Gasteiger partial charge >= 0.3 is 6.55 Å². The fraction of sp³-hybridized carbons (Fsp3) is 0.350. The SMILES string of the molecule is COc1ccc(F)cc1-c1cc(N2CCN(S(=O)(=O)c3cnn(C(F)F)c3C)CC2)ncn1. The van der Waals surface area contributed by atoms with Crippen molar-refractivity contribution < 1.29 is 26.3 Å². The van der Waals surface area contributed by atoms with Crippen LogP contribution in [0, 0.1) is 12.7 Å². The third-order valence-electron chi connectivity index (χ3n) is 5.46. The van der Waals surface area contributed by atoms with Crippen LogP contribution in [0.4, 0.5) is 19.0 Å². The van der Waals surface area contributed by atoms with Crippen LogP contribution >= 0.6 is 0 Å². The standard InChI is InChI=1S/C20H21F3N6O3S/c1-13-18(11-26-29(13)20(22)23)33(30,31)28-7-5-27(6-8-28)19-10-16(24-12-25-19)15-9-14(21)3-4-17(15)32-2/h3-4,9-12,20H,5-8H2,1-2H3. The van der Waals surface area contributed by atoms with Gasteiger partial charge in [-0.2, -0.15) is 18.2 Å². The lowest BCUT2D eigenvalue weighted by Gasteiger charge is -2.34. The number of aromatic nitrogens is 4. The molecule has 0 saturated carbocycles. The maximum atomic E-state index is 13.8. The van der Waals surface area contributed by atoms with Crippen LogP contribution in [-0.2, 0) is 10.0 Å². The molecular weight excluding hydrogens is 461 g/mol. The van der Waals surface area contributed by atoms with E-state index < -0.39 is 22.4 Å². The lowest BCUT2D eigenvalue weighted by Crippen LogP contribution is -2.49. The largest absolute Gasteiger partial charge is 0.496 e. The fourth-order valence-corrected chi connectivity index (χ4v) is 5.27. The molecule has 0 aliphatic carbocycles. The van der Waals surface area contributed by atoms with E-state index in [2.05, 4.69) is 15.1 Å². The summed E-state index contributed by atoms with van der Waals surface area (Å²) < 4.78 is 72.6. The molecule has 176 valence electrons. The van der Waals surface area contributed by atoms with Gasteiger partial charge < -0.3 is 9.64 Å². The van der Waals surface area contributed by atoms with E-state index in [1.54, 1.807) is 6.07 Å². The van der Waals surface area contributed by atoms with Crippen LogP contribution in [-0.4, -0.2) is 65.8 Å². The van der Waals surface area contributed by atoms with Crippen LogP contribution in [0.3, 0.4) is 0 Å². The van der Waals surface area contributed by atoms with Crippen LogP contribution in [0.25, 0.3) is 11.3 Å². The molecule has 3 heterocycles. The monoisotopic (exact) mass is 482 g/mol. The van der Waals surface area contributed by atoms with Crippen molar-refractivity contribution in [2.45, 2.75) is 18.4 Å². The van der Waals surface area contributed by atoms with E-state index >= 15 is 0 Å². The summed E-state index contributed by atoms with van der Waals surface area (Å²) in [7, 11) is -2.50. The van der Waals surface area contributed by atoms with Gasteiger partial charge in [0.15, 0.2) is 0 Å². The number of rotatable bonds is 6. The number of alkyl halides is 2. The van der Waals surface area contributed by atoms with Gasteiger partial charge in [-0.15, -0.1) is 0 Å². The molecule has 0 spiro atoms. The van der Waals surface area contributed by atoms with E-state index in [1.165, 1.54) is 42.9 Å². The first-order valence-electron chi connectivity index (χ1n) is 9.95. The van der Waals surface area contributed by atoms with E-state index in [9.17, 15) is 21.6 Å². The van der Waals surface area contributed by atoms with E-state index in [4.69, 9.17) is 4.74 Å². The second-order valence-electron chi connectivity index (χ2n) is 7.31. The number of halogens is 3. The first kappa shape index (κ1) is 23.0. The minimum absolute atomic E-state index is 0.114. The van der Waals surface area contributed by atoms with Crippen LogP contribution in [0.1, 0.15) is 12.2 Å². The van der Waals surface area contributed by atoms with Gasteiger partial charge in [0.05, 0.1) is 24.7 Å². The van der Waals surface area contributed by atoms with Crippen LogP contribution in [0.5, 0.6) is 5.75 Å². The lowest BCUT2D eigenvalue weighted by atomic mass is 10.1. The minimum Gasteiger partial charge on any atom is -0.496 e. The third kappa shape index (κ3) is 4.37. The van der Waals surface area contributed by atoms with Gasteiger partial charge in [0.2, 0.25) is 10.0 Å². The molecule has 1 aliphatic rings. The topological polar surface area (TPSA) is 93.5 Å². The van der Waals surface area contributed by atoms with Gasteiger partial charge in [-0.3, -0.25) is 0 Å². The molecule has 0 atom stereocenters. The molecule has 9 nitrogen and oxygen atoms in total. The van der Waals surface area contributed by atoms with Crippen molar-refractivity contribution >= 4 is 15.8 Å². The Balaban J connectivity index is 1.52. The lowest BCUT2D eigenvalue weighted by molar-refractivity contribution is 0.0541. The number of sulfonamides is 1. The number of nitrogens with zero attached hydrogens (tertiary/aromatic N) is 6. The first-order valence-corrected chi connectivity index (χ1v) is 11.4. The first-order chi connectivity index (χ1) is 15.7. The maximum absolute atomic E-state index is 13.8. The normalized spacial score (nSPS) is 15.3. The Morgan fingerprint density at radius 1 is 1.09 bits per heavy atom. The zero-order valence-electron chi connectivity index (χ0n) is 17.8. The molecule has 0 radical (unpaired) electrons. The Labute approximate surface area is 188 Å². The second-order valence-corrected chi connectivity index (χ2v) is 9.22. The van der Waals surface area contributed by atoms with E-state index in [0.29, 0.717) is 40.6 Å². The number of anilines is 1. The Kier molecular flexibility index (Phi) is 6.26. The Bertz CT molecular complexity index is 1260. The molecule has 3 aromatic rings. The number of hydrogen-bond acceptors (Lipinski definition) is 7. The van der Waals surface area contributed by atoms with Crippen molar-refractivity contribution in [3.8, 4) is 17.0 Å². The average Bonchev–Trinajstić information content (AvgIpc) is 3.21. The molecule has 1 aromatic carbocycles. The predicted molar refractivity (Wildman–Crippen MR) is 113 cm³/mol. The molecule has 13 heteroatoms. The molecule has 0 N–H and O–H groups in total. The maximum Gasteiger partial charge on any atom is 0.333 e. The molecule has 4 rings (SSSR count). The van der Waals surface area contributed by atoms with E-state index in [-0.39, 0.29) is 23.7 Å². The summed E-state index contributed by atoms with van der Waals surface area (Å²) in [4.78, 5) is 10.1. The molecule has 2 aromatic heterocycles. The van der Waals surface area contributed by atoms with Crippen molar-refractivity contribution in [2.24, 2.45) is 0 Å². The van der Waals surface area contributed by atoms with Crippen LogP contribution in [0.15, 0.2) is 41.7 Å². The number of benzene rings is 1. The van der Waals surface area contributed by atoms with Crippen molar-refractivity contribution in [3.05, 3.63) is 48.3 Å². The summed E-state index contributed by atoms with van der Waals surface area (Å²) in [6.07, 6.45) is 2.30. The van der Waals surface area contributed by atoms with Crippen LogP contribution in [0.2, 0.25) is 0 Å². The van der Waals surface area contributed by atoms with Gasteiger partial charge in [0.1, 0.15) is 28.6 Å².